The molecule has 176 valence electrons. The van der Waals surface area contributed by atoms with Gasteiger partial charge in [-0.3, -0.25) is 9.59 Å². The van der Waals surface area contributed by atoms with Gasteiger partial charge < -0.3 is 28.6 Å². The first-order chi connectivity index (χ1) is 15.8. The molecule has 0 atom stereocenters. The predicted molar refractivity (Wildman–Crippen MR) is 125 cm³/mol. The first kappa shape index (κ1) is 24.0. The molecule has 1 heterocycles. The summed E-state index contributed by atoms with van der Waals surface area (Å²) in [7, 11) is 4.80. The van der Waals surface area contributed by atoms with Gasteiger partial charge >= 0.3 is 0 Å². The number of aromatic hydroxyl groups is 1. The van der Waals surface area contributed by atoms with E-state index in [9.17, 15) is 14.7 Å². The van der Waals surface area contributed by atoms with Gasteiger partial charge in [0, 0.05) is 37.9 Å². The van der Waals surface area contributed by atoms with Crippen LogP contribution in [-0.4, -0.2) is 50.3 Å². The number of hydrogen-bond acceptors (Lipinski definition) is 7. The Labute approximate surface area is 192 Å². The number of methoxy groups -OCH3 is 1. The normalized spacial score (nSPS) is 10.8. The molecule has 0 aliphatic rings. The van der Waals surface area contributed by atoms with E-state index in [2.05, 4.69) is 6.92 Å². The van der Waals surface area contributed by atoms with E-state index < -0.39 is 5.43 Å². The first-order valence-electron chi connectivity index (χ1n) is 10.8. The largest absolute Gasteiger partial charge is 0.507 e. The molecule has 2 aromatic carbocycles. The molecule has 0 unspecified atom stereocenters. The van der Waals surface area contributed by atoms with Crippen LogP contribution in [0.25, 0.3) is 22.3 Å². The van der Waals surface area contributed by atoms with Gasteiger partial charge in [0.1, 0.15) is 28.2 Å². The summed E-state index contributed by atoms with van der Waals surface area (Å²) in [6.07, 6.45) is 3.08. The third-order valence-corrected chi connectivity index (χ3v) is 5.10. The molecule has 3 aromatic rings. The second-order valence-corrected chi connectivity index (χ2v) is 7.79. The van der Waals surface area contributed by atoms with E-state index in [4.69, 9.17) is 18.6 Å². The van der Waals surface area contributed by atoms with Crippen LogP contribution in [0.4, 0.5) is 0 Å². The summed E-state index contributed by atoms with van der Waals surface area (Å²) in [4.78, 5) is 25.9. The van der Waals surface area contributed by atoms with Gasteiger partial charge in [-0.15, -0.1) is 0 Å². The first-order valence-corrected chi connectivity index (χ1v) is 10.8. The molecule has 8 heteroatoms. The fraction of sp³-hybridized carbons (Fsp3) is 0.360. The molecule has 0 saturated heterocycles. The second kappa shape index (κ2) is 10.8. The number of phenolic OH excluding ortho intramolecular Hbond substituents is 1. The van der Waals surface area contributed by atoms with E-state index in [0.29, 0.717) is 29.4 Å². The van der Waals surface area contributed by atoms with Gasteiger partial charge in [0.25, 0.3) is 5.91 Å². The number of unbranched alkanes of at least 4 members (excludes halogenated alkanes) is 2. The highest BCUT2D eigenvalue weighted by Crippen LogP contribution is 2.35. The molecule has 1 aromatic heterocycles. The standard InChI is InChI=1S/C25H29NO7/c1-5-6-7-10-31-22-11-16(8-9-20(22)30-4)21-14-19(28)25-18(27)12-17(13-23(25)33-21)32-15-24(29)26(2)3/h8-9,11-14,27H,5-7,10,15H2,1-4H3. The molecule has 0 aliphatic carbocycles. The van der Waals surface area contributed by atoms with Crippen molar-refractivity contribution in [1.82, 2.24) is 4.90 Å². The summed E-state index contributed by atoms with van der Waals surface area (Å²) >= 11 is 0. The number of ether oxygens (including phenoxy) is 3. The SMILES string of the molecule is CCCCCOc1cc(-c2cc(=O)c3c(O)cc(OCC(=O)N(C)C)cc3o2)ccc1OC. The average molecular weight is 456 g/mol. The average Bonchev–Trinajstić information content (AvgIpc) is 2.79. The van der Waals surface area contributed by atoms with Crippen LogP contribution < -0.4 is 19.6 Å². The zero-order valence-electron chi connectivity index (χ0n) is 19.3. The number of phenols is 1. The minimum Gasteiger partial charge on any atom is -0.507 e. The van der Waals surface area contributed by atoms with E-state index in [1.807, 2.05) is 0 Å². The summed E-state index contributed by atoms with van der Waals surface area (Å²) in [5.41, 5.74) is 0.362. The van der Waals surface area contributed by atoms with Crippen LogP contribution in [-0.2, 0) is 4.79 Å². The molecular weight excluding hydrogens is 426 g/mol. The van der Waals surface area contributed by atoms with Gasteiger partial charge in [0.2, 0.25) is 0 Å². The van der Waals surface area contributed by atoms with Crippen LogP contribution in [0.1, 0.15) is 26.2 Å². The van der Waals surface area contributed by atoms with Crippen LogP contribution in [0.15, 0.2) is 45.6 Å². The number of fused-ring (bicyclic) bond motifs is 1. The van der Waals surface area contributed by atoms with Crippen molar-refractivity contribution in [3.63, 3.8) is 0 Å². The van der Waals surface area contributed by atoms with Gasteiger partial charge in [-0.2, -0.15) is 0 Å². The monoisotopic (exact) mass is 455 g/mol. The lowest BCUT2D eigenvalue weighted by molar-refractivity contribution is -0.130. The number of rotatable bonds is 10. The van der Waals surface area contributed by atoms with Crippen LogP contribution in [0, 0.1) is 0 Å². The van der Waals surface area contributed by atoms with E-state index in [1.54, 1.807) is 39.4 Å². The molecule has 33 heavy (non-hydrogen) atoms. The minimum absolute atomic E-state index is 0.0367. The third kappa shape index (κ3) is 5.77. The Balaban J connectivity index is 1.96. The Morgan fingerprint density at radius 2 is 1.85 bits per heavy atom. The smallest absolute Gasteiger partial charge is 0.259 e. The molecule has 0 fully saturated rings. The number of hydrogen-bond donors (Lipinski definition) is 1. The molecule has 1 amide bonds. The molecule has 0 aliphatic heterocycles. The van der Waals surface area contributed by atoms with Gasteiger partial charge in [-0.05, 0) is 24.6 Å². The Bertz CT molecular complexity index is 1180. The summed E-state index contributed by atoms with van der Waals surface area (Å²) in [5, 5.41) is 10.4. The van der Waals surface area contributed by atoms with Gasteiger partial charge in [-0.25, -0.2) is 0 Å². The summed E-state index contributed by atoms with van der Waals surface area (Å²) in [6.45, 7) is 2.46. The van der Waals surface area contributed by atoms with Gasteiger partial charge in [0.15, 0.2) is 23.5 Å². The van der Waals surface area contributed by atoms with Crippen molar-refractivity contribution >= 4 is 16.9 Å². The number of amides is 1. The zero-order chi connectivity index (χ0) is 24.0. The fourth-order valence-corrected chi connectivity index (χ4v) is 3.22. The van der Waals surface area contributed by atoms with E-state index in [1.165, 1.54) is 23.1 Å². The van der Waals surface area contributed by atoms with Crippen molar-refractivity contribution in [2.75, 3.05) is 34.4 Å². The van der Waals surface area contributed by atoms with Gasteiger partial charge in [-0.1, -0.05) is 19.8 Å². The number of carbonyl (C=O) groups is 1. The molecule has 0 saturated carbocycles. The lowest BCUT2D eigenvalue weighted by Crippen LogP contribution is -2.27. The highest BCUT2D eigenvalue weighted by atomic mass is 16.5. The fourth-order valence-electron chi connectivity index (χ4n) is 3.22. The molecule has 3 rings (SSSR count). The van der Waals surface area contributed by atoms with E-state index in [0.717, 1.165) is 19.3 Å². The summed E-state index contributed by atoms with van der Waals surface area (Å²) < 4.78 is 22.7. The Kier molecular flexibility index (Phi) is 7.82. The molecule has 0 radical (unpaired) electrons. The Hall–Kier alpha value is -3.68. The minimum atomic E-state index is -0.402. The number of nitrogens with zero attached hydrogens (tertiary/aromatic N) is 1. The van der Waals surface area contributed by atoms with Crippen molar-refractivity contribution in [3.05, 3.63) is 46.6 Å². The molecule has 1 N–H and O–H groups in total. The van der Waals surface area contributed by atoms with E-state index in [-0.39, 0.29) is 35.0 Å². The maximum absolute atomic E-state index is 12.7. The highest BCUT2D eigenvalue weighted by molar-refractivity contribution is 5.86. The number of carbonyl (C=O) groups excluding carboxylic acids is 1. The van der Waals surface area contributed by atoms with Crippen molar-refractivity contribution in [2.24, 2.45) is 0 Å². The maximum atomic E-state index is 12.7. The zero-order valence-corrected chi connectivity index (χ0v) is 19.3. The van der Waals surface area contributed by atoms with Crippen LogP contribution in [0.5, 0.6) is 23.0 Å². The van der Waals surface area contributed by atoms with E-state index >= 15 is 0 Å². The summed E-state index contributed by atoms with van der Waals surface area (Å²) in [5.74, 6) is 1.12. The lowest BCUT2D eigenvalue weighted by atomic mass is 10.1. The quantitative estimate of drug-likeness (QED) is 0.457. The van der Waals surface area contributed by atoms with Crippen LogP contribution >= 0.6 is 0 Å². The maximum Gasteiger partial charge on any atom is 0.259 e. The Morgan fingerprint density at radius 3 is 2.55 bits per heavy atom. The highest BCUT2D eigenvalue weighted by Gasteiger charge is 2.15. The second-order valence-electron chi connectivity index (χ2n) is 7.79. The van der Waals surface area contributed by atoms with Crippen molar-refractivity contribution in [3.8, 4) is 34.3 Å². The lowest BCUT2D eigenvalue weighted by Gasteiger charge is -2.13. The molecule has 0 spiro atoms. The van der Waals surface area contributed by atoms with Crippen molar-refractivity contribution < 1.29 is 28.5 Å². The third-order valence-electron chi connectivity index (χ3n) is 5.10. The Morgan fingerprint density at radius 1 is 1.06 bits per heavy atom. The van der Waals surface area contributed by atoms with Crippen LogP contribution in [0.3, 0.4) is 0 Å². The molecule has 8 nitrogen and oxygen atoms in total. The molecule has 0 bridgehead atoms. The summed E-state index contributed by atoms with van der Waals surface area (Å²) in [6, 6.07) is 9.36. The molecular formula is C25H29NO7. The van der Waals surface area contributed by atoms with Gasteiger partial charge in [0.05, 0.1) is 13.7 Å². The van der Waals surface area contributed by atoms with Crippen LogP contribution in [0.2, 0.25) is 0 Å². The van der Waals surface area contributed by atoms with Crippen molar-refractivity contribution in [1.29, 1.82) is 0 Å². The van der Waals surface area contributed by atoms with Crippen molar-refractivity contribution in [2.45, 2.75) is 26.2 Å². The number of likely N-dealkylation sites (N-methyl/N-ethyl adjacent to an activating group) is 1. The number of benzene rings is 2. The predicted octanol–water partition coefficient (Wildman–Crippen LogP) is 4.21. The topological polar surface area (TPSA) is 98.4 Å².